The normalized spacial score (nSPS) is 10.4. The summed E-state index contributed by atoms with van der Waals surface area (Å²) in [4.78, 5) is 11.3. The van der Waals surface area contributed by atoms with Crippen LogP contribution in [0.5, 0.6) is 0 Å². The number of hydrogen-bond acceptors (Lipinski definition) is 3. The van der Waals surface area contributed by atoms with Gasteiger partial charge in [-0.2, -0.15) is 5.10 Å². The molecule has 0 aliphatic heterocycles. The van der Waals surface area contributed by atoms with Gasteiger partial charge in [-0.25, -0.2) is 4.68 Å². The molecular weight excluding hydrogens is 202 g/mol. The summed E-state index contributed by atoms with van der Waals surface area (Å²) in [6.45, 7) is 3.47. The van der Waals surface area contributed by atoms with E-state index in [-0.39, 0.29) is 5.78 Å². The monoisotopic (exact) mass is 215 g/mol. The second-order valence-corrected chi connectivity index (χ2v) is 3.79. The van der Waals surface area contributed by atoms with Gasteiger partial charge in [-0.05, 0) is 37.6 Å². The summed E-state index contributed by atoms with van der Waals surface area (Å²) in [5.74, 6) is -0.0387. The molecule has 0 radical (unpaired) electrons. The standard InChI is InChI=1S/C12H13N3O/c1-8-6-14-15(7-8)10-3-4-12(13)11(5-10)9(2)16/h3-7H,13H2,1-2H3. The second kappa shape index (κ2) is 3.81. The Morgan fingerprint density at radius 1 is 1.44 bits per heavy atom. The molecule has 1 aromatic carbocycles. The van der Waals surface area contributed by atoms with E-state index in [0.29, 0.717) is 11.3 Å². The number of hydrogen-bond donors (Lipinski definition) is 1. The summed E-state index contributed by atoms with van der Waals surface area (Å²) in [7, 11) is 0. The molecule has 4 heteroatoms. The van der Waals surface area contributed by atoms with Gasteiger partial charge >= 0.3 is 0 Å². The van der Waals surface area contributed by atoms with Gasteiger partial charge in [0.2, 0.25) is 0 Å². The Hall–Kier alpha value is -2.10. The molecule has 2 rings (SSSR count). The number of nitrogen functional groups attached to an aromatic ring is 1. The quantitative estimate of drug-likeness (QED) is 0.615. The van der Waals surface area contributed by atoms with Crippen LogP contribution < -0.4 is 5.73 Å². The zero-order chi connectivity index (χ0) is 11.7. The minimum atomic E-state index is -0.0387. The molecule has 0 saturated heterocycles. The van der Waals surface area contributed by atoms with Gasteiger partial charge in [0.1, 0.15) is 0 Å². The minimum absolute atomic E-state index is 0.0387. The molecule has 0 amide bonds. The molecule has 1 aromatic heterocycles. The Balaban J connectivity index is 2.51. The Morgan fingerprint density at radius 2 is 2.19 bits per heavy atom. The average Bonchev–Trinajstić information content (AvgIpc) is 2.65. The van der Waals surface area contributed by atoms with Crippen molar-refractivity contribution in [1.29, 1.82) is 0 Å². The number of ketones is 1. The van der Waals surface area contributed by atoms with Crippen molar-refractivity contribution in [1.82, 2.24) is 9.78 Å². The third kappa shape index (κ3) is 1.82. The predicted octanol–water partition coefficient (Wildman–Crippen LogP) is 1.97. The van der Waals surface area contributed by atoms with Crippen LogP contribution in [0.2, 0.25) is 0 Å². The van der Waals surface area contributed by atoms with E-state index in [4.69, 9.17) is 5.73 Å². The molecule has 4 nitrogen and oxygen atoms in total. The van der Waals surface area contributed by atoms with Crippen molar-refractivity contribution in [3.8, 4) is 5.69 Å². The molecule has 0 aliphatic rings. The Kier molecular flexibility index (Phi) is 2.48. The highest BCUT2D eigenvalue weighted by Crippen LogP contribution is 2.17. The molecule has 0 atom stereocenters. The van der Waals surface area contributed by atoms with Crippen molar-refractivity contribution in [3.63, 3.8) is 0 Å². The van der Waals surface area contributed by atoms with Crippen molar-refractivity contribution in [2.45, 2.75) is 13.8 Å². The van der Waals surface area contributed by atoms with Gasteiger partial charge in [0.25, 0.3) is 0 Å². The molecule has 2 N–H and O–H groups in total. The number of benzene rings is 1. The van der Waals surface area contributed by atoms with E-state index >= 15 is 0 Å². The van der Waals surface area contributed by atoms with Crippen LogP contribution in [0.1, 0.15) is 22.8 Å². The molecule has 0 unspecified atom stereocenters. The van der Waals surface area contributed by atoms with Gasteiger partial charge in [0.05, 0.1) is 11.9 Å². The van der Waals surface area contributed by atoms with Crippen LogP contribution >= 0.6 is 0 Å². The number of rotatable bonds is 2. The lowest BCUT2D eigenvalue weighted by Gasteiger charge is -2.06. The fourth-order valence-electron chi connectivity index (χ4n) is 1.55. The third-order valence-electron chi connectivity index (χ3n) is 2.39. The molecule has 16 heavy (non-hydrogen) atoms. The van der Waals surface area contributed by atoms with Crippen molar-refractivity contribution < 1.29 is 4.79 Å². The number of aromatic nitrogens is 2. The smallest absolute Gasteiger partial charge is 0.161 e. The Morgan fingerprint density at radius 3 is 2.75 bits per heavy atom. The average molecular weight is 215 g/mol. The summed E-state index contributed by atoms with van der Waals surface area (Å²) >= 11 is 0. The maximum absolute atomic E-state index is 11.3. The number of nitrogens with zero attached hydrogens (tertiary/aromatic N) is 2. The van der Waals surface area contributed by atoms with Gasteiger partial charge in [-0.1, -0.05) is 0 Å². The topological polar surface area (TPSA) is 60.9 Å². The largest absolute Gasteiger partial charge is 0.398 e. The van der Waals surface area contributed by atoms with Gasteiger partial charge in [0, 0.05) is 17.4 Å². The van der Waals surface area contributed by atoms with Gasteiger partial charge in [-0.3, -0.25) is 4.79 Å². The zero-order valence-corrected chi connectivity index (χ0v) is 9.27. The van der Waals surface area contributed by atoms with Crippen LogP contribution in [0.3, 0.4) is 0 Å². The van der Waals surface area contributed by atoms with Crippen LogP contribution in [0, 0.1) is 6.92 Å². The Bertz CT molecular complexity index is 543. The highest BCUT2D eigenvalue weighted by Gasteiger charge is 2.07. The maximum atomic E-state index is 11.3. The molecule has 1 heterocycles. The summed E-state index contributed by atoms with van der Waals surface area (Å²) in [5, 5.41) is 4.18. The lowest BCUT2D eigenvalue weighted by molar-refractivity contribution is 0.101. The van der Waals surface area contributed by atoms with E-state index in [9.17, 15) is 4.79 Å². The van der Waals surface area contributed by atoms with E-state index in [1.807, 2.05) is 19.2 Å². The summed E-state index contributed by atoms with van der Waals surface area (Å²) in [6.07, 6.45) is 3.67. The molecule has 0 fully saturated rings. The highest BCUT2D eigenvalue weighted by atomic mass is 16.1. The van der Waals surface area contributed by atoms with Gasteiger partial charge in [0.15, 0.2) is 5.78 Å². The SMILES string of the molecule is CC(=O)c1cc(-n2cc(C)cn2)ccc1N. The van der Waals surface area contributed by atoms with Gasteiger partial charge in [-0.15, -0.1) is 0 Å². The molecule has 0 saturated carbocycles. The number of anilines is 1. The first kappa shape index (κ1) is 10.4. The maximum Gasteiger partial charge on any atom is 0.161 e. The van der Waals surface area contributed by atoms with Crippen LogP contribution in [-0.2, 0) is 0 Å². The van der Waals surface area contributed by atoms with E-state index < -0.39 is 0 Å². The predicted molar refractivity (Wildman–Crippen MR) is 62.7 cm³/mol. The van der Waals surface area contributed by atoms with Gasteiger partial charge < -0.3 is 5.73 Å². The van der Waals surface area contributed by atoms with Crippen molar-refractivity contribution in [2.75, 3.05) is 5.73 Å². The zero-order valence-electron chi connectivity index (χ0n) is 9.27. The highest BCUT2D eigenvalue weighted by molar-refractivity contribution is 5.99. The van der Waals surface area contributed by atoms with Crippen molar-refractivity contribution >= 4 is 11.5 Å². The van der Waals surface area contributed by atoms with E-state index in [1.54, 1.807) is 23.0 Å². The summed E-state index contributed by atoms with van der Waals surface area (Å²) < 4.78 is 1.72. The van der Waals surface area contributed by atoms with Crippen molar-refractivity contribution in [3.05, 3.63) is 41.7 Å². The molecular formula is C12H13N3O. The lowest BCUT2D eigenvalue weighted by Crippen LogP contribution is -2.02. The first-order valence-corrected chi connectivity index (χ1v) is 5.00. The van der Waals surface area contributed by atoms with Crippen LogP contribution in [-0.4, -0.2) is 15.6 Å². The third-order valence-corrected chi connectivity index (χ3v) is 2.39. The van der Waals surface area contributed by atoms with Crippen LogP contribution in [0.25, 0.3) is 5.69 Å². The second-order valence-electron chi connectivity index (χ2n) is 3.79. The number of carbonyl (C=O) groups is 1. The van der Waals surface area contributed by atoms with Crippen LogP contribution in [0.15, 0.2) is 30.6 Å². The fourth-order valence-corrected chi connectivity index (χ4v) is 1.55. The molecule has 82 valence electrons. The number of nitrogens with two attached hydrogens (primary N) is 1. The van der Waals surface area contributed by atoms with E-state index in [2.05, 4.69) is 5.10 Å². The Labute approximate surface area is 93.7 Å². The number of carbonyl (C=O) groups excluding carboxylic acids is 1. The first-order chi connectivity index (χ1) is 7.58. The van der Waals surface area contributed by atoms with Crippen LogP contribution in [0.4, 0.5) is 5.69 Å². The van der Waals surface area contributed by atoms with E-state index in [1.165, 1.54) is 6.92 Å². The summed E-state index contributed by atoms with van der Waals surface area (Å²) in [5.41, 5.74) is 8.67. The fraction of sp³-hybridized carbons (Fsp3) is 0.167. The first-order valence-electron chi connectivity index (χ1n) is 5.00. The molecule has 2 aromatic rings. The molecule has 0 bridgehead atoms. The van der Waals surface area contributed by atoms with Crippen molar-refractivity contribution in [2.24, 2.45) is 0 Å². The summed E-state index contributed by atoms with van der Waals surface area (Å²) in [6, 6.07) is 5.32. The molecule has 0 aliphatic carbocycles. The molecule has 0 spiro atoms. The lowest BCUT2D eigenvalue weighted by atomic mass is 10.1. The number of aryl methyl sites for hydroxylation is 1. The van der Waals surface area contributed by atoms with E-state index in [0.717, 1.165) is 11.3 Å². The minimum Gasteiger partial charge on any atom is -0.398 e. The number of Topliss-reactive ketones (excluding diaryl/α,β-unsaturated/α-hetero) is 1.